The fourth-order valence-corrected chi connectivity index (χ4v) is 4.01. The van der Waals surface area contributed by atoms with Gasteiger partial charge in [0.25, 0.3) is 5.91 Å². The first-order chi connectivity index (χ1) is 15.1. The lowest BCUT2D eigenvalue weighted by molar-refractivity contribution is -0.135. The molecule has 31 heavy (non-hydrogen) atoms. The minimum absolute atomic E-state index is 0.00467. The number of hydrazone groups is 1. The molecule has 164 valence electrons. The monoisotopic (exact) mass is 423 g/mol. The van der Waals surface area contributed by atoms with E-state index >= 15 is 0 Å². The number of morpholine rings is 1. The normalized spacial score (nSPS) is 19.3. The van der Waals surface area contributed by atoms with Gasteiger partial charge in [-0.25, -0.2) is 5.01 Å². The smallest absolute Gasteiger partial charge is 0.257 e. The van der Waals surface area contributed by atoms with E-state index in [4.69, 9.17) is 19.3 Å². The molecule has 2 aromatic carbocycles. The van der Waals surface area contributed by atoms with Crippen molar-refractivity contribution in [3.8, 4) is 11.5 Å². The Morgan fingerprint density at radius 2 is 1.84 bits per heavy atom. The zero-order valence-corrected chi connectivity index (χ0v) is 18.3. The van der Waals surface area contributed by atoms with Crippen LogP contribution in [-0.4, -0.2) is 68.6 Å². The predicted molar refractivity (Wildman–Crippen MR) is 119 cm³/mol. The number of hydrogen-bond donors (Lipinski definition) is 0. The minimum Gasteiger partial charge on any atom is -0.497 e. The first-order valence-electron chi connectivity index (χ1n) is 10.6. The van der Waals surface area contributed by atoms with E-state index in [9.17, 15) is 4.79 Å². The zero-order valence-electron chi connectivity index (χ0n) is 18.3. The summed E-state index contributed by atoms with van der Waals surface area (Å²) in [5.74, 6) is 1.40. The molecule has 7 heteroatoms. The molecule has 0 radical (unpaired) electrons. The van der Waals surface area contributed by atoms with Gasteiger partial charge in [0, 0.05) is 31.1 Å². The van der Waals surface area contributed by atoms with Crippen molar-refractivity contribution >= 4 is 11.6 Å². The minimum atomic E-state index is -0.143. The predicted octanol–water partition coefficient (Wildman–Crippen LogP) is 3.02. The van der Waals surface area contributed by atoms with Crippen molar-refractivity contribution < 1.29 is 19.0 Å². The third-order valence-corrected chi connectivity index (χ3v) is 5.81. The maximum atomic E-state index is 13.3. The molecule has 1 atom stereocenters. The van der Waals surface area contributed by atoms with Crippen LogP contribution in [0.1, 0.15) is 29.2 Å². The third-order valence-electron chi connectivity index (χ3n) is 5.81. The van der Waals surface area contributed by atoms with Gasteiger partial charge in [0.2, 0.25) is 0 Å². The second-order valence-electron chi connectivity index (χ2n) is 7.87. The summed E-state index contributed by atoms with van der Waals surface area (Å²) in [4.78, 5) is 15.4. The van der Waals surface area contributed by atoms with E-state index in [-0.39, 0.29) is 11.9 Å². The molecule has 0 saturated carbocycles. The van der Waals surface area contributed by atoms with Crippen LogP contribution < -0.4 is 9.47 Å². The fourth-order valence-electron chi connectivity index (χ4n) is 4.01. The summed E-state index contributed by atoms with van der Waals surface area (Å²) in [6, 6.07) is 13.8. The molecular formula is C24H29N3O4. The van der Waals surface area contributed by atoms with Crippen LogP contribution in [0.2, 0.25) is 0 Å². The fraction of sp³-hybridized carbons (Fsp3) is 0.417. The SMILES string of the molecule is COc1ccc(C2=NN(C(=O)CN3CCOCC3)C(c3ccc(C)cc3)C2)c(OC)c1. The Bertz CT molecular complexity index is 952. The van der Waals surface area contributed by atoms with Gasteiger partial charge in [-0.1, -0.05) is 29.8 Å². The third kappa shape index (κ3) is 4.73. The summed E-state index contributed by atoms with van der Waals surface area (Å²) < 4.78 is 16.3. The average Bonchev–Trinajstić information content (AvgIpc) is 3.25. The maximum Gasteiger partial charge on any atom is 0.257 e. The van der Waals surface area contributed by atoms with E-state index in [0.717, 1.165) is 35.7 Å². The molecule has 2 heterocycles. The van der Waals surface area contributed by atoms with Gasteiger partial charge < -0.3 is 14.2 Å². The standard InChI is InChI=1S/C24H29N3O4/c1-17-4-6-18(7-5-17)22-15-21(20-9-8-19(29-2)14-23(20)30-3)25-27(22)24(28)16-26-10-12-31-13-11-26/h4-9,14,22H,10-13,15-16H2,1-3H3. The Labute approximate surface area is 183 Å². The number of carbonyl (C=O) groups is 1. The molecule has 2 aliphatic rings. The van der Waals surface area contributed by atoms with E-state index in [1.807, 2.05) is 18.2 Å². The summed E-state index contributed by atoms with van der Waals surface area (Å²) >= 11 is 0. The number of methoxy groups -OCH3 is 2. The van der Waals surface area contributed by atoms with Crippen molar-refractivity contribution in [2.75, 3.05) is 47.1 Å². The number of rotatable bonds is 6. The highest BCUT2D eigenvalue weighted by molar-refractivity contribution is 6.05. The van der Waals surface area contributed by atoms with Crippen LogP contribution in [0, 0.1) is 6.92 Å². The largest absolute Gasteiger partial charge is 0.497 e. The summed E-state index contributed by atoms with van der Waals surface area (Å²) in [6.07, 6.45) is 0.626. The second kappa shape index (κ2) is 9.49. The number of benzene rings is 2. The average molecular weight is 424 g/mol. The Morgan fingerprint density at radius 3 is 2.52 bits per heavy atom. The Morgan fingerprint density at radius 1 is 1.10 bits per heavy atom. The number of amides is 1. The highest BCUT2D eigenvalue weighted by atomic mass is 16.5. The highest BCUT2D eigenvalue weighted by Crippen LogP contribution is 2.36. The van der Waals surface area contributed by atoms with Crippen LogP contribution in [0.5, 0.6) is 11.5 Å². The van der Waals surface area contributed by atoms with Gasteiger partial charge in [-0.05, 0) is 24.6 Å². The van der Waals surface area contributed by atoms with Gasteiger partial charge in [-0.15, -0.1) is 0 Å². The van der Waals surface area contributed by atoms with E-state index in [0.29, 0.717) is 31.9 Å². The van der Waals surface area contributed by atoms with Crippen molar-refractivity contribution in [2.24, 2.45) is 5.10 Å². The summed E-state index contributed by atoms with van der Waals surface area (Å²) in [5.41, 5.74) is 3.97. The molecule has 1 amide bonds. The van der Waals surface area contributed by atoms with Crippen LogP contribution in [0.25, 0.3) is 0 Å². The maximum absolute atomic E-state index is 13.3. The molecule has 0 aromatic heterocycles. The van der Waals surface area contributed by atoms with Gasteiger partial charge in [-0.2, -0.15) is 5.10 Å². The molecule has 0 N–H and O–H groups in total. The lowest BCUT2D eigenvalue weighted by Crippen LogP contribution is -2.43. The van der Waals surface area contributed by atoms with E-state index in [1.54, 1.807) is 19.2 Å². The molecule has 2 aromatic rings. The molecule has 1 saturated heterocycles. The molecular weight excluding hydrogens is 394 g/mol. The molecule has 1 unspecified atom stereocenters. The molecule has 0 bridgehead atoms. The topological polar surface area (TPSA) is 63.6 Å². The number of carbonyl (C=O) groups excluding carboxylic acids is 1. The summed E-state index contributed by atoms with van der Waals surface area (Å²) in [6.45, 7) is 5.24. The van der Waals surface area contributed by atoms with Gasteiger partial charge in [0.15, 0.2) is 0 Å². The number of hydrogen-bond acceptors (Lipinski definition) is 6. The van der Waals surface area contributed by atoms with Crippen LogP contribution >= 0.6 is 0 Å². The lowest BCUT2D eigenvalue weighted by atomic mass is 9.97. The van der Waals surface area contributed by atoms with Crippen molar-refractivity contribution in [3.63, 3.8) is 0 Å². The van der Waals surface area contributed by atoms with Crippen LogP contribution in [-0.2, 0) is 9.53 Å². The summed E-state index contributed by atoms with van der Waals surface area (Å²) in [5, 5.41) is 6.44. The first kappa shape index (κ1) is 21.3. The van der Waals surface area contributed by atoms with Gasteiger partial charge in [0.05, 0.1) is 45.7 Å². The van der Waals surface area contributed by atoms with Gasteiger partial charge >= 0.3 is 0 Å². The molecule has 7 nitrogen and oxygen atoms in total. The van der Waals surface area contributed by atoms with Gasteiger partial charge in [-0.3, -0.25) is 9.69 Å². The van der Waals surface area contributed by atoms with Crippen molar-refractivity contribution in [3.05, 3.63) is 59.2 Å². The molecule has 4 rings (SSSR count). The molecule has 1 fully saturated rings. The van der Waals surface area contributed by atoms with Crippen LogP contribution in [0.3, 0.4) is 0 Å². The van der Waals surface area contributed by atoms with Crippen molar-refractivity contribution in [1.82, 2.24) is 9.91 Å². The quantitative estimate of drug-likeness (QED) is 0.715. The van der Waals surface area contributed by atoms with Gasteiger partial charge in [0.1, 0.15) is 11.5 Å². The zero-order chi connectivity index (χ0) is 21.8. The van der Waals surface area contributed by atoms with E-state index < -0.39 is 0 Å². The molecule has 0 spiro atoms. The Balaban J connectivity index is 1.64. The molecule has 0 aliphatic carbocycles. The number of nitrogens with zero attached hydrogens (tertiary/aromatic N) is 3. The van der Waals surface area contributed by atoms with Crippen molar-refractivity contribution in [1.29, 1.82) is 0 Å². The Kier molecular flexibility index (Phi) is 6.53. The number of aryl methyl sites for hydroxylation is 1. The van der Waals surface area contributed by atoms with Crippen LogP contribution in [0.4, 0.5) is 0 Å². The second-order valence-corrected chi connectivity index (χ2v) is 7.87. The first-order valence-corrected chi connectivity index (χ1v) is 10.6. The van der Waals surface area contributed by atoms with E-state index in [1.165, 1.54) is 5.56 Å². The lowest BCUT2D eigenvalue weighted by Gasteiger charge is -2.29. The molecule has 2 aliphatic heterocycles. The van der Waals surface area contributed by atoms with Crippen LogP contribution in [0.15, 0.2) is 47.6 Å². The number of ether oxygens (including phenoxy) is 3. The summed E-state index contributed by atoms with van der Waals surface area (Å²) in [7, 11) is 3.26. The van der Waals surface area contributed by atoms with Crippen molar-refractivity contribution in [2.45, 2.75) is 19.4 Å². The highest BCUT2D eigenvalue weighted by Gasteiger charge is 2.34. The Hall–Kier alpha value is -2.90. The van der Waals surface area contributed by atoms with E-state index in [2.05, 4.69) is 36.1 Å².